The summed E-state index contributed by atoms with van der Waals surface area (Å²) in [4.78, 5) is 28.8. The van der Waals surface area contributed by atoms with E-state index in [9.17, 15) is 9.59 Å². The maximum atomic E-state index is 12.3. The molecule has 5 nitrogen and oxygen atoms in total. The number of ether oxygens (including phenoxy) is 1. The highest BCUT2D eigenvalue weighted by Gasteiger charge is 2.21. The summed E-state index contributed by atoms with van der Waals surface area (Å²) in [7, 11) is 0. The Kier molecular flexibility index (Phi) is 5.80. The van der Waals surface area contributed by atoms with Gasteiger partial charge >= 0.3 is 5.97 Å². The summed E-state index contributed by atoms with van der Waals surface area (Å²) >= 11 is 4.61. The number of anilines is 1. The lowest BCUT2D eigenvalue weighted by molar-refractivity contribution is -0.123. The van der Waals surface area contributed by atoms with Crippen molar-refractivity contribution in [1.82, 2.24) is 4.98 Å². The summed E-state index contributed by atoms with van der Waals surface area (Å²) in [6.07, 6.45) is -0.946. The largest absolute Gasteiger partial charge is 0.449 e. The fraction of sp³-hybridized carbons (Fsp3) is 0.105. The number of nitrogens with zero attached hydrogens (tertiary/aromatic N) is 1. The van der Waals surface area contributed by atoms with Crippen molar-refractivity contribution in [3.8, 4) is 11.3 Å². The molecule has 7 heteroatoms. The molecule has 26 heavy (non-hydrogen) atoms. The Bertz CT molecular complexity index is 927. The standard InChI is InChI=1S/C19H15BrN2O3S/c1-12(25-18(24)14-9-5-6-10-15(14)20)17(23)22-19-21-16(11-26-19)13-7-3-2-4-8-13/h2-12H,1H3,(H,21,22,23). The number of rotatable bonds is 5. The van der Waals surface area contributed by atoms with Gasteiger partial charge in [0.25, 0.3) is 5.91 Å². The fourth-order valence-corrected chi connectivity index (χ4v) is 3.35. The maximum Gasteiger partial charge on any atom is 0.340 e. The van der Waals surface area contributed by atoms with Gasteiger partial charge in [-0.25, -0.2) is 9.78 Å². The van der Waals surface area contributed by atoms with Crippen molar-refractivity contribution in [2.75, 3.05) is 5.32 Å². The van der Waals surface area contributed by atoms with Crippen molar-refractivity contribution >= 4 is 44.3 Å². The summed E-state index contributed by atoms with van der Waals surface area (Å²) in [5, 5.41) is 5.00. The quantitative estimate of drug-likeness (QED) is 0.592. The first-order chi connectivity index (χ1) is 12.5. The molecule has 0 saturated heterocycles. The average Bonchev–Trinajstić information content (AvgIpc) is 3.11. The first-order valence-electron chi connectivity index (χ1n) is 7.82. The second kappa shape index (κ2) is 8.25. The third-order valence-corrected chi connectivity index (χ3v) is 5.00. The molecule has 0 fully saturated rings. The lowest BCUT2D eigenvalue weighted by atomic mass is 10.2. The smallest absolute Gasteiger partial charge is 0.340 e. The van der Waals surface area contributed by atoms with Crippen molar-refractivity contribution in [1.29, 1.82) is 0 Å². The molecule has 1 amide bonds. The van der Waals surface area contributed by atoms with E-state index in [1.807, 2.05) is 35.7 Å². The average molecular weight is 431 g/mol. The van der Waals surface area contributed by atoms with Gasteiger partial charge in [-0.3, -0.25) is 10.1 Å². The van der Waals surface area contributed by atoms with Gasteiger partial charge in [0, 0.05) is 15.4 Å². The second-order valence-corrected chi connectivity index (χ2v) is 7.13. The van der Waals surface area contributed by atoms with Gasteiger partial charge in [-0.05, 0) is 35.0 Å². The summed E-state index contributed by atoms with van der Waals surface area (Å²) in [5.74, 6) is -0.997. The van der Waals surface area contributed by atoms with E-state index >= 15 is 0 Å². The zero-order valence-corrected chi connectivity index (χ0v) is 16.2. The lowest BCUT2D eigenvalue weighted by Crippen LogP contribution is -2.30. The van der Waals surface area contributed by atoms with E-state index in [0.29, 0.717) is 15.2 Å². The highest BCUT2D eigenvalue weighted by Crippen LogP contribution is 2.25. The number of nitrogens with one attached hydrogen (secondary N) is 1. The number of benzene rings is 2. The molecule has 3 aromatic rings. The van der Waals surface area contributed by atoms with Gasteiger partial charge < -0.3 is 4.74 Å². The van der Waals surface area contributed by atoms with E-state index in [4.69, 9.17) is 4.74 Å². The summed E-state index contributed by atoms with van der Waals surface area (Å²) in [5.41, 5.74) is 2.12. The monoisotopic (exact) mass is 430 g/mol. The number of hydrogen-bond acceptors (Lipinski definition) is 5. The topological polar surface area (TPSA) is 68.3 Å². The highest BCUT2D eigenvalue weighted by atomic mass is 79.9. The van der Waals surface area contributed by atoms with Crippen LogP contribution < -0.4 is 5.32 Å². The Morgan fingerprint density at radius 1 is 1.12 bits per heavy atom. The number of thiazole rings is 1. The Hall–Kier alpha value is -2.51. The van der Waals surface area contributed by atoms with Crippen molar-refractivity contribution in [3.63, 3.8) is 0 Å². The first kappa shape index (κ1) is 18.3. The molecule has 132 valence electrons. The van der Waals surface area contributed by atoms with Crippen LogP contribution in [0.15, 0.2) is 64.5 Å². The highest BCUT2D eigenvalue weighted by molar-refractivity contribution is 9.10. The molecule has 1 heterocycles. The Morgan fingerprint density at radius 3 is 2.54 bits per heavy atom. The molecule has 3 rings (SSSR count). The number of aromatic nitrogens is 1. The maximum absolute atomic E-state index is 12.3. The van der Waals surface area contributed by atoms with Gasteiger partial charge in [0.05, 0.1) is 11.3 Å². The molecule has 0 aliphatic rings. The Labute approximate surface area is 163 Å². The predicted octanol–water partition coefficient (Wildman–Crippen LogP) is 4.76. The van der Waals surface area contributed by atoms with Crippen LogP contribution in [0.3, 0.4) is 0 Å². The normalized spacial score (nSPS) is 11.6. The van der Waals surface area contributed by atoms with Crippen LogP contribution in [0.25, 0.3) is 11.3 Å². The van der Waals surface area contributed by atoms with Gasteiger partial charge in [-0.15, -0.1) is 11.3 Å². The summed E-state index contributed by atoms with van der Waals surface area (Å²) in [6.45, 7) is 1.52. The van der Waals surface area contributed by atoms with E-state index < -0.39 is 18.0 Å². The molecule has 1 unspecified atom stereocenters. The van der Waals surface area contributed by atoms with Crippen LogP contribution in [-0.2, 0) is 9.53 Å². The molecule has 0 spiro atoms. The summed E-state index contributed by atoms with van der Waals surface area (Å²) < 4.78 is 5.85. The second-order valence-electron chi connectivity index (χ2n) is 5.42. The molecule has 1 aromatic heterocycles. The zero-order chi connectivity index (χ0) is 18.5. The van der Waals surface area contributed by atoms with Crippen LogP contribution in [-0.4, -0.2) is 23.0 Å². The molecule has 0 saturated carbocycles. The minimum atomic E-state index is -0.946. The zero-order valence-electron chi connectivity index (χ0n) is 13.8. The molecule has 1 N–H and O–H groups in total. The molecule has 0 aliphatic carbocycles. The third kappa shape index (κ3) is 4.36. The molecular weight excluding hydrogens is 416 g/mol. The SMILES string of the molecule is CC(OC(=O)c1ccccc1Br)C(=O)Nc1nc(-c2ccccc2)cs1. The van der Waals surface area contributed by atoms with Crippen molar-refractivity contribution in [3.05, 3.63) is 70.0 Å². The molecule has 0 bridgehead atoms. The van der Waals surface area contributed by atoms with Crippen LogP contribution in [0, 0.1) is 0 Å². The van der Waals surface area contributed by atoms with E-state index in [0.717, 1.165) is 11.3 Å². The Morgan fingerprint density at radius 2 is 1.81 bits per heavy atom. The number of hydrogen-bond donors (Lipinski definition) is 1. The first-order valence-corrected chi connectivity index (χ1v) is 9.49. The van der Waals surface area contributed by atoms with Gasteiger partial charge in [-0.1, -0.05) is 42.5 Å². The number of esters is 1. The molecule has 0 aliphatic heterocycles. The number of carbonyl (C=O) groups excluding carboxylic acids is 2. The minimum absolute atomic E-state index is 0.368. The summed E-state index contributed by atoms with van der Waals surface area (Å²) in [6, 6.07) is 16.6. The van der Waals surface area contributed by atoms with Crippen LogP contribution in [0.5, 0.6) is 0 Å². The van der Waals surface area contributed by atoms with Crippen molar-refractivity contribution in [2.24, 2.45) is 0 Å². The van der Waals surface area contributed by atoms with Crippen LogP contribution in [0.1, 0.15) is 17.3 Å². The van der Waals surface area contributed by atoms with E-state index in [1.54, 1.807) is 24.3 Å². The van der Waals surface area contributed by atoms with Gasteiger partial charge in [-0.2, -0.15) is 0 Å². The lowest BCUT2D eigenvalue weighted by Gasteiger charge is -2.13. The number of halogens is 1. The fourth-order valence-electron chi connectivity index (χ4n) is 2.18. The van der Waals surface area contributed by atoms with Gasteiger partial charge in [0.1, 0.15) is 0 Å². The number of amides is 1. The van der Waals surface area contributed by atoms with E-state index in [1.165, 1.54) is 18.3 Å². The van der Waals surface area contributed by atoms with Gasteiger partial charge in [0.15, 0.2) is 11.2 Å². The third-order valence-electron chi connectivity index (χ3n) is 3.55. The van der Waals surface area contributed by atoms with Crippen LogP contribution >= 0.6 is 27.3 Å². The molecular formula is C19H15BrN2O3S. The minimum Gasteiger partial charge on any atom is -0.449 e. The van der Waals surface area contributed by atoms with Crippen LogP contribution in [0.2, 0.25) is 0 Å². The van der Waals surface area contributed by atoms with Crippen molar-refractivity contribution < 1.29 is 14.3 Å². The van der Waals surface area contributed by atoms with Crippen LogP contribution in [0.4, 0.5) is 5.13 Å². The van der Waals surface area contributed by atoms with Crippen molar-refractivity contribution in [2.45, 2.75) is 13.0 Å². The van der Waals surface area contributed by atoms with E-state index in [2.05, 4.69) is 26.2 Å². The number of carbonyl (C=O) groups is 2. The molecule has 2 aromatic carbocycles. The van der Waals surface area contributed by atoms with Gasteiger partial charge in [0.2, 0.25) is 0 Å². The molecule has 1 atom stereocenters. The predicted molar refractivity (Wildman–Crippen MR) is 105 cm³/mol. The molecule has 0 radical (unpaired) electrons. The van der Waals surface area contributed by atoms with E-state index in [-0.39, 0.29) is 0 Å². The Balaban J connectivity index is 1.62.